The van der Waals surface area contributed by atoms with Crippen molar-refractivity contribution in [1.82, 2.24) is 9.97 Å². The maximum Gasteiger partial charge on any atom is 0.263 e. The van der Waals surface area contributed by atoms with Crippen LogP contribution in [0.2, 0.25) is 5.02 Å². The van der Waals surface area contributed by atoms with E-state index in [9.17, 15) is 8.42 Å². The van der Waals surface area contributed by atoms with E-state index in [1.54, 1.807) is 19.1 Å². The maximum absolute atomic E-state index is 12.4. The number of nitrogens with zero attached hydrogens (tertiary/aromatic N) is 2. The third-order valence-corrected chi connectivity index (χ3v) is 5.35. The van der Waals surface area contributed by atoms with E-state index >= 15 is 0 Å². The molecular weight excluding hydrogens is 310 g/mol. The highest BCUT2D eigenvalue weighted by Crippen LogP contribution is 2.37. The average molecular weight is 324 g/mol. The Morgan fingerprint density at radius 2 is 1.90 bits per heavy atom. The van der Waals surface area contributed by atoms with Gasteiger partial charge in [0.05, 0.1) is 23.1 Å². The lowest BCUT2D eigenvalue weighted by molar-refractivity contribution is 0.601. The Kier molecular flexibility index (Phi) is 3.59. The molecule has 1 fully saturated rings. The fourth-order valence-electron chi connectivity index (χ4n) is 1.98. The van der Waals surface area contributed by atoms with E-state index in [0.29, 0.717) is 17.2 Å². The monoisotopic (exact) mass is 323 g/mol. The highest BCUT2D eigenvalue weighted by Gasteiger charge is 2.26. The second-order valence-electron chi connectivity index (χ2n) is 5.10. The fourth-order valence-corrected chi connectivity index (χ4v) is 3.59. The van der Waals surface area contributed by atoms with E-state index in [0.717, 1.165) is 18.7 Å². The van der Waals surface area contributed by atoms with Gasteiger partial charge in [-0.3, -0.25) is 4.72 Å². The largest absolute Gasteiger partial charge is 0.276 e. The summed E-state index contributed by atoms with van der Waals surface area (Å²) in [7, 11) is -3.75. The average Bonchev–Trinajstić information content (AvgIpc) is 3.26. The molecule has 0 atom stereocenters. The minimum atomic E-state index is -3.75. The number of anilines is 1. The van der Waals surface area contributed by atoms with Crippen LogP contribution in [0.25, 0.3) is 0 Å². The highest BCUT2D eigenvalue weighted by atomic mass is 35.5. The predicted octanol–water partition coefficient (Wildman–Crippen LogP) is 3.12. The van der Waals surface area contributed by atoms with Crippen molar-refractivity contribution in [3.63, 3.8) is 0 Å². The van der Waals surface area contributed by atoms with Crippen molar-refractivity contribution in [3.8, 4) is 0 Å². The topological polar surface area (TPSA) is 72.0 Å². The molecule has 2 aromatic rings. The first-order valence-corrected chi connectivity index (χ1v) is 8.43. The van der Waals surface area contributed by atoms with Gasteiger partial charge in [-0.2, -0.15) is 0 Å². The third-order valence-electron chi connectivity index (χ3n) is 3.31. The summed E-state index contributed by atoms with van der Waals surface area (Å²) in [5.74, 6) is 1.20. The van der Waals surface area contributed by atoms with Crippen LogP contribution in [-0.2, 0) is 10.0 Å². The van der Waals surface area contributed by atoms with E-state index in [4.69, 9.17) is 11.6 Å². The smallest absolute Gasteiger partial charge is 0.263 e. The van der Waals surface area contributed by atoms with Gasteiger partial charge >= 0.3 is 0 Å². The zero-order valence-corrected chi connectivity index (χ0v) is 12.9. The van der Waals surface area contributed by atoms with Crippen LogP contribution in [0.4, 0.5) is 5.69 Å². The molecule has 1 aliphatic carbocycles. The number of nitrogens with one attached hydrogen (secondary N) is 1. The number of aryl methyl sites for hydroxylation is 1. The van der Waals surface area contributed by atoms with Gasteiger partial charge in [0, 0.05) is 5.92 Å². The van der Waals surface area contributed by atoms with Gasteiger partial charge in [0.25, 0.3) is 10.0 Å². The molecule has 1 heterocycles. The van der Waals surface area contributed by atoms with Crippen molar-refractivity contribution in [3.05, 3.63) is 47.0 Å². The lowest BCUT2D eigenvalue weighted by atomic mass is 10.2. The molecule has 1 N–H and O–H groups in total. The molecule has 1 saturated carbocycles. The quantitative estimate of drug-likeness (QED) is 0.938. The Labute approximate surface area is 128 Å². The molecule has 0 spiro atoms. The molecular formula is C14H14ClN3O2S. The molecule has 1 aromatic heterocycles. The lowest BCUT2D eigenvalue weighted by Crippen LogP contribution is -2.14. The normalized spacial score (nSPS) is 15.0. The summed E-state index contributed by atoms with van der Waals surface area (Å²) in [6.45, 7) is 1.76. The second-order valence-corrected chi connectivity index (χ2v) is 7.13. The standard InChI is InChI=1S/C14H14ClN3O2S/c1-9-3-2-4-12(13(9)15)21(19,20)18-11-7-16-14(17-8-11)10-5-6-10/h2-4,7-8,10,18H,5-6H2,1H3. The molecule has 21 heavy (non-hydrogen) atoms. The minimum Gasteiger partial charge on any atom is -0.276 e. The number of aromatic nitrogens is 2. The summed E-state index contributed by atoms with van der Waals surface area (Å²) < 4.78 is 27.2. The van der Waals surface area contributed by atoms with Gasteiger partial charge in [0.1, 0.15) is 10.7 Å². The molecule has 1 aromatic carbocycles. The molecule has 0 unspecified atom stereocenters. The van der Waals surface area contributed by atoms with Crippen LogP contribution < -0.4 is 4.72 Å². The van der Waals surface area contributed by atoms with Crippen molar-refractivity contribution in [2.45, 2.75) is 30.6 Å². The van der Waals surface area contributed by atoms with E-state index in [1.165, 1.54) is 18.5 Å². The van der Waals surface area contributed by atoms with Gasteiger partial charge in [0.15, 0.2) is 0 Å². The zero-order valence-electron chi connectivity index (χ0n) is 11.4. The Bertz CT molecular complexity index is 771. The van der Waals surface area contributed by atoms with Gasteiger partial charge in [-0.25, -0.2) is 18.4 Å². The molecule has 110 valence electrons. The molecule has 0 bridgehead atoms. The highest BCUT2D eigenvalue weighted by molar-refractivity contribution is 7.92. The number of rotatable bonds is 4. The molecule has 0 amide bonds. The van der Waals surface area contributed by atoms with Crippen LogP contribution in [0, 0.1) is 6.92 Å². The van der Waals surface area contributed by atoms with Crippen molar-refractivity contribution >= 4 is 27.3 Å². The van der Waals surface area contributed by atoms with Crippen LogP contribution in [0.3, 0.4) is 0 Å². The van der Waals surface area contributed by atoms with Gasteiger partial charge in [-0.05, 0) is 31.4 Å². The van der Waals surface area contributed by atoms with Crippen LogP contribution in [0.15, 0.2) is 35.5 Å². The van der Waals surface area contributed by atoms with Gasteiger partial charge in [-0.1, -0.05) is 23.7 Å². The Morgan fingerprint density at radius 1 is 1.24 bits per heavy atom. The molecule has 3 rings (SSSR count). The SMILES string of the molecule is Cc1cccc(S(=O)(=O)Nc2cnc(C3CC3)nc2)c1Cl. The summed E-state index contributed by atoms with van der Waals surface area (Å²) in [6.07, 6.45) is 5.18. The third kappa shape index (κ3) is 3.01. The summed E-state index contributed by atoms with van der Waals surface area (Å²) in [5.41, 5.74) is 1.04. The van der Waals surface area contributed by atoms with E-state index in [-0.39, 0.29) is 9.92 Å². The predicted molar refractivity (Wildman–Crippen MR) is 81.0 cm³/mol. The van der Waals surface area contributed by atoms with Gasteiger partial charge in [0.2, 0.25) is 0 Å². The van der Waals surface area contributed by atoms with Crippen molar-refractivity contribution in [2.75, 3.05) is 4.72 Å². The first-order valence-electron chi connectivity index (χ1n) is 6.57. The van der Waals surface area contributed by atoms with Crippen LogP contribution in [0.5, 0.6) is 0 Å². The second kappa shape index (κ2) is 5.27. The summed E-state index contributed by atoms with van der Waals surface area (Å²) in [5, 5.41) is 0.223. The lowest BCUT2D eigenvalue weighted by Gasteiger charge is -2.10. The van der Waals surface area contributed by atoms with Crippen molar-refractivity contribution in [1.29, 1.82) is 0 Å². The van der Waals surface area contributed by atoms with Crippen LogP contribution >= 0.6 is 11.6 Å². The number of sulfonamides is 1. The van der Waals surface area contributed by atoms with E-state index in [1.807, 2.05) is 0 Å². The summed E-state index contributed by atoms with van der Waals surface area (Å²) in [4.78, 5) is 8.43. The zero-order chi connectivity index (χ0) is 15.0. The molecule has 7 heteroatoms. The molecule has 0 radical (unpaired) electrons. The van der Waals surface area contributed by atoms with E-state index in [2.05, 4.69) is 14.7 Å². The van der Waals surface area contributed by atoms with Crippen molar-refractivity contribution in [2.24, 2.45) is 0 Å². The number of halogens is 1. The number of hydrogen-bond donors (Lipinski definition) is 1. The van der Waals surface area contributed by atoms with E-state index < -0.39 is 10.0 Å². The van der Waals surface area contributed by atoms with Crippen LogP contribution in [0.1, 0.15) is 30.1 Å². The maximum atomic E-state index is 12.4. The molecule has 1 aliphatic rings. The Balaban J connectivity index is 1.86. The Morgan fingerprint density at radius 3 is 2.52 bits per heavy atom. The molecule has 0 aliphatic heterocycles. The first-order chi connectivity index (χ1) is 9.97. The van der Waals surface area contributed by atoms with Crippen LogP contribution in [-0.4, -0.2) is 18.4 Å². The number of hydrogen-bond acceptors (Lipinski definition) is 4. The molecule has 0 saturated heterocycles. The first kappa shape index (κ1) is 14.3. The number of benzene rings is 1. The fraction of sp³-hybridized carbons (Fsp3) is 0.286. The Hall–Kier alpha value is -1.66. The minimum absolute atomic E-state index is 0.0513. The summed E-state index contributed by atoms with van der Waals surface area (Å²) in [6, 6.07) is 4.88. The van der Waals surface area contributed by atoms with Gasteiger partial charge < -0.3 is 0 Å². The van der Waals surface area contributed by atoms with Crippen molar-refractivity contribution < 1.29 is 8.42 Å². The molecule has 5 nitrogen and oxygen atoms in total. The van der Waals surface area contributed by atoms with Gasteiger partial charge in [-0.15, -0.1) is 0 Å². The summed E-state index contributed by atoms with van der Waals surface area (Å²) >= 11 is 6.07.